The van der Waals surface area contributed by atoms with Gasteiger partial charge in [-0.1, -0.05) is 13.8 Å². The fraction of sp³-hybridized carbons (Fsp3) is 0.536. The van der Waals surface area contributed by atoms with Crippen LogP contribution in [-0.4, -0.2) is 76.9 Å². The van der Waals surface area contributed by atoms with Gasteiger partial charge in [0.1, 0.15) is 22.1 Å². The summed E-state index contributed by atoms with van der Waals surface area (Å²) in [7, 11) is 0. The van der Waals surface area contributed by atoms with Crippen molar-refractivity contribution >= 4 is 39.2 Å². The monoisotopic (exact) mass is 537 g/mol. The van der Waals surface area contributed by atoms with E-state index in [1.807, 2.05) is 13.8 Å². The highest BCUT2D eigenvalue weighted by Gasteiger charge is 2.31. The number of ether oxygens (including phenoxy) is 1. The van der Waals surface area contributed by atoms with Gasteiger partial charge in [0.05, 0.1) is 30.7 Å². The molecule has 202 valence electrons. The van der Waals surface area contributed by atoms with Crippen molar-refractivity contribution in [3.05, 3.63) is 33.7 Å². The Morgan fingerprint density at radius 3 is 2.47 bits per heavy atom. The van der Waals surface area contributed by atoms with Crippen LogP contribution in [0.1, 0.15) is 65.4 Å². The highest BCUT2D eigenvalue weighted by Crippen LogP contribution is 2.41. The molecule has 0 atom stereocenters. The number of fused-ring (bicyclic) bond motifs is 3. The Morgan fingerprint density at radius 2 is 1.74 bits per heavy atom. The van der Waals surface area contributed by atoms with Gasteiger partial charge in [0.15, 0.2) is 0 Å². The second-order valence-electron chi connectivity index (χ2n) is 10.7. The Morgan fingerprint density at radius 1 is 0.974 bits per heavy atom. The van der Waals surface area contributed by atoms with Gasteiger partial charge in [-0.25, -0.2) is 4.98 Å². The SMILES string of the molecule is CC(C)c1cc(C(=O)N2CCc3c(sc4nc(N5CCCCC5)nc(N5CCOCC5)c34)C2)c(O)cc1O. The number of morpholine rings is 1. The van der Waals surface area contributed by atoms with Crippen molar-refractivity contribution < 1.29 is 19.7 Å². The molecule has 5 heterocycles. The maximum atomic E-state index is 13.5. The third-order valence-electron chi connectivity index (χ3n) is 7.90. The highest BCUT2D eigenvalue weighted by atomic mass is 32.1. The van der Waals surface area contributed by atoms with Crippen molar-refractivity contribution in [3.8, 4) is 11.5 Å². The zero-order valence-electron chi connectivity index (χ0n) is 22.1. The second-order valence-corrected chi connectivity index (χ2v) is 11.8. The molecular weight excluding hydrogens is 502 g/mol. The Labute approximate surface area is 226 Å². The number of phenolic OH excluding ortho intramolecular Hbond substituents is 2. The number of nitrogens with zero attached hydrogens (tertiary/aromatic N) is 5. The molecule has 6 rings (SSSR count). The van der Waals surface area contributed by atoms with Crippen LogP contribution in [0.3, 0.4) is 0 Å². The van der Waals surface area contributed by atoms with E-state index in [0.29, 0.717) is 38.3 Å². The third-order valence-corrected chi connectivity index (χ3v) is 9.01. The first-order valence-corrected chi connectivity index (χ1v) is 14.5. The summed E-state index contributed by atoms with van der Waals surface area (Å²) in [5.74, 6) is 1.43. The van der Waals surface area contributed by atoms with E-state index in [0.717, 1.165) is 65.9 Å². The summed E-state index contributed by atoms with van der Waals surface area (Å²) >= 11 is 1.66. The lowest BCUT2D eigenvalue weighted by Crippen LogP contribution is -2.38. The molecule has 38 heavy (non-hydrogen) atoms. The quantitative estimate of drug-likeness (QED) is 0.509. The average Bonchev–Trinajstić information content (AvgIpc) is 3.31. The number of amides is 1. The average molecular weight is 538 g/mol. The van der Waals surface area contributed by atoms with Gasteiger partial charge >= 0.3 is 0 Å². The molecule has 10 heteroatoms. The van der Waals surface area contributed by atoms with Crippen molar-refractivity contribution in [2.75, 3.05) is 55.7 Å². The molecule has 0 bridgehead atoms. The first-order chi connectivity index (χ1) is 18.4. The van der Waals surface area contributed by atoms with Crippen LogP contribution >= 0.6 is 11.3 Å². The summed E-state index contributed by atoms with van der Waals surface area (Å²) in [6, 6.07) is 2.91. The number of hydrogen-bond donors (Lipinski definition) is 2. The van der Waals surface area contributed by atoms with Crippen LogP contribution in [0.5, 0.6) is 11.5 Å². The number of aromatic nitrogens is 2. The molecule has 3 aliphatic heterocycles. The van der Waals surface area contributed by atoms with Crippen molar-refractivity contribution in [1.29, 1.82) is 0 Å². The lowest BCUT2D eigenvalue weighted by atomic mass is 9.97. The largest absolute Gasteiger partial charge is 0.508 e. The molecule has 0 aliphatic carbocycles. The van der Waals surface area contributed by atoms with Crippen molar-refractivity contribution in [2.45, 2.75) is 52.0 Å². The predicted molar refractivity (Wildman–Crippen MR) is 149 cm³/mol. The molecule has 9 nitrogen and oxygen atoms in total. The number of thiophene rings is 1. The van der Waals surface area contributed by atoms with E-state index in [4.69, 9.17) is 14.7 Å². The highest BCUT2D eigenvalue weighted by molar-refractivity contribution is 7.19. The topological polar surface area (TPSA) is 102 Å². The summed E-state index contributed by atoms with van der Waals surface area (Å²) in [4.78, 5) is 32.3. The number of benzene rings is 1. The van der Waals surface area contributed by atoms with E-state index in [1.165, 1.54) is 18.1 Å². The van der Waals surface area contributed by atoms with Gasteiger partial charge in [0, 0.05) is 43.7 Å². The number of rotatable bonds is 4. The zero-order chi connectivity index (χ0) is 26.4. The summed E-state index contributed by atoms with van der Waals surface area (Å²) < 4.78 is 5.62. The molecule has 0 spiro atoms. The van der Waals surface area contributed by atoms with Gasteiger partial charge < -0.3 is 29.6 Å². The molecule has 0 radical (unpaired) electrons. The Balaban J connectivity index is 1.36. The first-order valence-electron chi connectivity index (χ1n) is 13.7. The van der Waals surface area contributed by atoms with Crippen LogP contribution < -0.4 is 9.80 Å². The van der Waals surface area contributed by atoms with Crippen LogP contribution in [-0.2, 0) is 17.7 Å². The lowest BCUT2D eigenvalue weighted by Gasteiger charge is -2.32. The molecule has 1 aromatic carbocycles. The smallest absolute Gasteiger partial charge is 0.257 e. The molecule has 3 aliphatic rings. The fourth-order valence-electron chi connectivity index (χ4n) is 5.78. The number of aromatic hydroxyl groups is 2. The molecule has 0 unspecified atom stereocenters. The number of phenols is 2. The van der Waals surface area contributed by atoms with Gasteiger partial charge in [0.25, 0.3) is 5.91 Å². The van der Waals surface area contributed by atoms with Gasteiger partial charge in [0.2, 0.25) is 5.95 Å². The molecular formula is C28H35N5O4S. The molecule has 0 saturated carbocycles. The number of carbonyl (C=O) groups excluding carboxylic acids is 1. The van der Waals surface area contributed by atoms with Crippen molar-refractivity contribution in [3.63, 3.8) is 0 Å². The third kappa shape index (κ3) is 4.53. The minimum Gasteiger partial charge on any atom is -0.508 e. The lowest BCUT2D eigenvalue weighted by molar-refractivity contribution is 0.0734. The van der Waals surface area contributed by atoms with Crippen LogP contribution in [0.2, 0.25) is 0 Å². The molecule has 2 saturated heterocycles. The van der Waals surface area contributed by atoms with Gasteiger partial charge in [-0.15, -0.1) is 11.3 Å². The number of carbonyl (C=O) groups is 1. The Kier molecular flexibility index (Phi) is 6.77. The Hall–Kier alpha value is -3.11. The number of hydrogen-bond acceptors (Lipinski definition) is 9. The van der Waals surface area contributed by atoms with E-state index < -0.39 is 0 Å². The van der Waals surface area contributed by atoms with Crippen LogP contribution in [0, 0.1) is 0 Å². The van der Waals surface area contributed by atoms with E-state index >= 15 is 0 Å². The van der Waals surface area contributed by atoms with E-state index in [-0.39, 0.29) is 28.9 Å². The summed E-state index contributed by atoms with van der Waals surface area (Å²) in [5.41, 5.74) is 2.12. The second kappa shape index (κ2) is 10.2. The normalized spacial score (nSPS) is 18.3. The molecule has 2 N–H and O–H groups in total. The molecule has 2 aromatic heterocycles. The maximum absolute atomic E-state index is 13.5. The summed E-state index contributed by atoms with van der Waals surface area (Å²) in [6.45, 7) is 9.87. The van der Waals surface area contributed by atoms with Crippen LogP contribution in [0.25, 0.3) is 10.2 Å². The van der Waals surface area contributed by atoms with E-state index in [2.05, 4.69) is 9.80 Å². The minimum absolute atomic E-state index is 0.0122. The van der Waals surface area contributed by atoms with Crippen molar-refractivity contribution in [1.82, 2.24) is 14.9 Å². The van der Waals surface area contributed by atoms with E-state index in [1.54, 1.807) is 22.3 Å². The molecule has 1 amide bonds. The van der Waals surface area contributed by atoms with E-state index in [9.17, 15) is 15.0 Å². The van der Waals surface area contributed by atoms with Crippen molar-refractivity contribution in [2.24, 2.45) is 0 Å². The Bertz CT molecular complexity index is 1360. The van der Waals surface area contributed by atoms with Gasteiger partial charge in [-0.05, 0) is 48.8 Å². The summed E-state index contributed by atoms with van der Waals surface area (Å²) in [6.07, 6.45) is 4.28. The minimum atomic E-state index is -0.221. The van der Waals surface area contributed by atoms with Gasteiger partial charge in [-0.3, -0.25) is 4.79 Å². The number of anilines is 2. The molecule has 2 fully saturated rings. The maximum Gasteiger partial charge on any atom is 0.257 e. The van der Waals surface area contributed by atoms with Crippen LogP contribution in [0.4, 0.5) is 11.8 Å². The predicted octanol–water partition coefficient (Wildman–Crippen LogP) is 4.25. The van der Waals surface area contributed by atoms with Crippen LogP contribution in [0.15, 0.2) is 12.1 Å². The zero-order valence-corrected chi connectivity index (χ0v) is 22.9. The number of piperidine rings is 1. The standard InChI is InChI=1S/C28H35N5O4S/c1-17(2)19-14-20(22(35)15-21(19)34)27(36)33-9-6-18-23(16-33)38-26-24(18)25(31-10-12-37-13-11-31)29-28(30-26)32-7-4-3-5-8-32/h14-15,17,34-35H,3-13,16H2,1-2H3. The fourth-order valence-corrected chi connectivity index (χ4v) is 7.00. The molecule has 3 aromatic rings. The van der Waals surface area contributed by atoms with Gasteiger partial charge in [-0.2, -0.15) is 4.98 Å². The summed E-state index contributed by atoms with van der Waals surface area (Å²) in [5, 5.41) is 21.8. The first kappa shape index (κ1) is 25.2.